The number of carboxylic acids is 1. The standard InChI is InChI=1S/C15H17NO3S/c1-9-4-5-11(8-10(9)2)13-14(15(17)18)20-12(16-13)6-7-19-3/h4-5,8H,6-7H2,1-3H3,(H,17,18). The molecule has 0 amide bonds. The predicted molar refractivity (Wildman–Crippen MR) is 79.6 cm³/mol. The molecule has 0 spiro atoms. The Kier molecular flexibility index (Phi) is 4.52. The maximum absolute atomic E-state index is 11.4. The van der Waals surface area contributed by atoms with Gasteiger partial charge >= 0.3 is 5.97 Å². The lowest BCUT2D eigenvalue weighted by molar-refractivity contribution is 0.0702. The van der Waals surface area contributed by atoms with Gasteiger partial charge in [-0.2, -0.15) is 0 Å². The fourth-order valence-corrected chi connectivity index (χ4v) is 2.80. The van der Waals surface area contributed by atoms with Crippen molar-refractivity contribution in [1.29, 1.82) is 0 Å². The molecule has 0 saturated carbocycles. The van der Waals surface area contributed by atoms with Crippen molar-refractivity contribution in [1.82, 2.24) is 4.98 Å². The van der Waals surface area contributed by atoms with Crippen LogP contribution in [-0.4, -0.2) is 29.8 Å². The van der Waals surface area contributed by atoms with Crippen LogP contribution in [0, 0.1) is 13.8 Å². The van der Waals surface area contributed by atoms with E-state index in [1.165, 1.54) is 16.9 Å². The summed E-state index contributed by atoms with van der Waals surface area (Å²) >= 11 is 1.22. The van der Waals surface area contributed by atoms with Crippen molar-refractivity contribution in [3.05, 3.63) is 39.2 Å². The molecule has 0 saturated heterocycles. The first-order valence-corrected chi connectivity index (χ1v) is 7.14. The number of methoxy groups -OCH3 is 1. The van der Waals surface area contributed by atoms with Gasteiger partial charge in [-0.15, -0.1) is 11.3 Å². The maximum Gasteiger partial charge on any atom is 0.348 e. The first kappa shape index (κ1) is 14.7. The zero-order valence-electron chi connectivity index (χ0n) is 11.8. The van der Waals surface area contributed by atoms with Crippen LogP contribution in [0.25, 0.3) is 11.3 Å². The summed E-state index contributed by atoms with van der Waals surface area (Å²) in [5, 5.41) is 10.1. The molecule has 2 rings (SSSR count). The van der Waals surface area contributed by atoms with Crippen LogP contribution >= 0.6 is 11.3 Å². The molecule has 1 heterocycles. The van der Waals surface area contributed by atoms with Crippen LogP contribution in [0.3, 0.4) is 0 Å². The SMILES string of the molecule is COCCc1nc(-c2ccc(C)c(C)c2)c(C(=O)O)s1. The molecular formula is C15H17NO3S. The van der Waals surface area contributed by atoms with Crippen LogP contribution < -0.4 is 0 Å². The Balaban J connectivity index is 2.45. The Bertz CT molecular complexity index is 634. The Morgan fingerprint density at radius 1 is 1.35 bits per heavy atom. The largest absolute Gasteiger partial charge is 0.477 e. The Hall–Kier alpha value is -1.72. The number of carboxylic acid groups (broad SMARTS) is 1. The van der Waals surface area contributed by atoms with Crippen LogP contribution in [0.2, 0.25) is 0 Å². The van der Waals surface area contributed by atoms with E-state index >= 15 is 0 Å². The first-order chi connectivity index (χ1) is 9.52. The summed E-state index contributed by atoms with van der Waals surface area (Å²) in [5.41, 5.74) is 3.72. The molecule has 1 N–H and O–H groups in total. The molecule has 4 nitrogen and oxygen atoms in total. The molecule has 0 aliphatic carbocycles. The number of rotatable bonds is 5. The van der Waals surface area contributed by atoms with Gasteiger partial charge in [0, 0.05) is 19.1 Å². The second-order valence-electron chi connectivity index (χ2n) is 4.63. The second kappa shape index (κ2) is 6.15. The highest BCUT2D eigenvalue weighted by Gasteiger charge is 2.18. The van der Waals surface area contributed by atoms with Gasteiger partial charge in [-0.1, -0.05) is 12.1 Å². The monoisotopic (exact) mass is 291 g/mol. The van der Waals surface area contributed by atoms with Crippen LogP contribution in [0.5, 0.6) is 0 Å². The normalized spacial score (nSPS) is 10.8. The fraction of sp³-hybridized carbons (Fsp3) is 0.333. The Morgan fingerprint density at radius 3 is 2.70 bits per heavy atom. The number of hydrogen-bond acceptors (Lipinski definition) is 4. The number of nitrogens with zero attached hydrogens (tertiary/aromatic N) is 1. The van der Waals surface area contributed by atoms with E-state index in [9.17, 15) is 9.90 Å². The molecule has 0 aliphatic heterocycles. The van der Waals surface area contributed by atoms with Crippen molar-refractivity contribution < 1.29 is 14.6 Å². The van der Waals surface area contributed by atoms with Gasteiger partial charge in [-0.05, 0) is 31.0 Å². The highest BCUT2D eigenvalue weighted by molar-refractivity contribution is 7.14. The van der Waals surface area contributed by atoms with Crippen molar-refractivity contribution in [2.75, 3.05) is 13.7 Å². The minimum atomic E-state index is -0.931. The number of ether oxygens (including phenoxy) is 1. The summed E-state index contributed by atoms with van der Waals surface area (Å²) in [4.78, 5) is 16.1. The van der Waals surface area contributed by atoms with E-state index in [0.29, 0.717) is 23.6 Å². The molecular weight excluding hydrogens is 274 g/mol. The van der Waals surface area contributed by atoms with Gasteiger partial charge < -0.3 is 9.84 Å². The lowest BCUT2D eigenvalue weighted by Gasteiger charge is -2.03. The van der Waals surface area contributed by atoms with Gasteiger partial charge in [0.25, 0.3) is 0 Å². The number of aromatic nitrogens is 1. The van der Waals surface area contributed by atoms with Crippen molar-refractivity contribution >= 4 is 17.3 Å². The summed E-state index contributed by atoms with van der Waals surface area (Å²) in [7, 11) is 1.62. The summed E-state index contributed by atoms with van der Waals surface area (Å²) in [6.45, 7) is 4.58. The molecule has 1 aromatic carbocycles. The summed E-state index contributed by atoms with van der Waals surface area (Å²) in [6, 6.07) is 5.89. The molecule has 0 radical (unpaired) electrons. The Morgan fingerprint density at radius 2 is 2.10 bits per heavy atom. The first-order valence-electron chi connectivity index (χ1n) is 6.32. The van der Waals surface area contributed by atoms with Gasteiger partial charge in [-0.25, -0.2) is 9.78 Å². The minimum Gasteiger partial charge on any atom is -0.477 e. The molecule has 106 valence electrons. The number of hydrogen-bond donors (Lipinski definition) is 1. The van der Waals surface area contributed by atoms with E-state index in [4.69, 9.17) is 4.74 Å². The summed E-state index contributed by atoms with van der Waals surface area (Å²) in [5.74, 6) is -0.931. The number of carbonyl (C=O) groups is 1. The highest BCUT2D eigenvalue weighted by atomic mass is 32.1. The predicted octanol–water partition coefficient (Wildman–Crippen LogP) is 3.31. The third-order valence-corrected chi connectivity index (χ3v) is 4.27. The van der Waals surface area contributed by atoms with Crippen molar-refractivity contribution in [2.45, 2.75) is 20.3 Å². The number of aromatic carboxylic acids is 1. The lowest BCUT2D eigenvalue weighted by atomic mass is 10.0. The number of aryl methyl sites for hydroxylation is 2. The van der Waals surface area contributed by atoms with E-state index in [1.54, 1.807) is 7.11 Å². The lowest BCUT2D eigenvalue weighted by Crippen LogP contribution is -1.96. The molecule has 20 heavy (non-hydrogen) atoms. The van der Waals surface area contributed by atoms with Crippen LogP contribution in [0.1, 0.15) is 25.8 Å². The second-order valence-corrected chi connectivity index (χ2v) is 5.72. The maximum atomic E-state index is 11.4. The fourth-order valence-electron chi connectivity index (χ4n) is 1.89. The molecule has 0 atom stereocenters. The highest BCUT2D eigenvalue weighted by Crippen LogP contribution is 2.29. The van der Waals surface area contributed by atoms with Crippen LogP contribution in [0.4, 0.5) is 0 Å². The van der Waals surface area contributed by atoms with E-state index in [-0.39, 0.29) is 0 Å². The summed E-state index contributed by atoms with van der Waals surface area (Å²) in [6.07, 6.45) is 0.631. The molecule has 2 aromatic rings. The van der Waals surface area contributed by atoms with Crippen molar-refractivity contribution in [3.8, 4) is 11.3 Å². The molecule has 1 aromatic heterocycles. The number of thiazole rings is 1. The third-order valence-electron chi connectivity index (χ3n) is 3.17. The average molecular weight is 291 g/mol. The smallest absolute Gasteiger partial charge is 0.348 e. The van der Waals surface area contributed by atoms with Gasteiger partial charge in [0.1, 0.15) is 4.88 Å². The molecule has 5 heteroatoms. The molecule has 0 unspecified atom stereocenters. The van der Waals surface area contributed by atoms with E-state index in [1.807, 2.05) is 32.0 Å². The van der Waals surface area contributed by atoms with Gasteiger partial charge in [0.2, 0.25) is 0 Å². The van der Waals surface area contributed by atoms with Gasteiger partial charge in [0.05, 0.1) is 17.3 Å². The summed E-state index contributed by atoms with van der Waals surface area (Å²) < 4.78 is 5.02. The average Bonchev–Trinajstić information content (AvgIpc) is 2.84. The Labute approximate surface area is 122 Å². The topological polar surface area (TPSA) is 59.4 Å². The van der Waals surface area contributed by atoms with Crippen molar-refractivity contribution in [3.63, 3.8) is 0 Å². The molecule has 0 aliphatic rings. The number of benzene rings is 1. The zero-order chi connectivity index (χ0) is 14.7. The molecule has 0 fully saturated rings. The van der Waals surface area contributed by atoms with E-state index < -0.39 is 5.97 Å². The van der Waals surface area contributed by atoms with Gasteiger partial charge in [0.15, 0.2) is 0 Å². The zero-order valence-corrected chi connectivity index (χ0v) is 12.6. The quantitative estimate of drug-likeness (QED) is 0.918. The third kappa shape index (κ3) is 3.05. The van der Waals surface area contributed by atoms with Crippen molar-refractivity contribution in [2.24, 2.45) is 0 Å². The van der Waals surface area contributed by atoms with E-state index in [0.717, 1.165) is 16.1 Å². The minimum absolute atomic E-state index is 0.291. The van der Waals surface area contributed by atoms with Crippen LogP contribution in [-0.2, 0) is 11.2 Å². The van der Waals surface area contributed by atoms with Gasteiger partial charge in [-0.3, -0.25) is 0 Å². The van der Waals surface area contributed by atoms with Crippen LogP contribution in [0.15, 0.2) is 18.2 Å². The van der Waals surface area contributed by atoms with E-state index in [2.05, 4.69) is 4.98 Å². The molecule has 0 bridgehead atoms.